The number of carbonyl (C=O) groups excluding carboxylic acids is 1. The van der Waals surface area contributed by atoms with Crippen molar-refractivity contribution in [3.63, 3.8) is 0 Å². The Kier molecular flexibility index (Phi) is 3.10. The topological polar surface area (TPSA) is 66.5 Å². The Morgan fingerprint density at radius 2 is 2.00 bits per heavy atom. The van der Waals surface area contributed by atoms with Crippen molar-refractivity contribution >= 4 is 15.7 Å². The molecular formula is C12H20N2O3S. The fourth-order valence-corrected chi connectivity index (χ4v) is 4.75. The van der Waals surface area contributed by atoms with Gasteiger partial charge in [0.25, 0.3) is 0 Å². The lowest BCUT2D eigenvalue weighted by Crippen LogP contribution is -2.42. The summed E-state index contributed by atoms with van der Waals surface area (Å²) in [4.78, 5) is 13.9. The van der Waals surface area contributed by atoms with E-state index >= 15 is 0 Å². The number of likely N-dealkylation sites (tertiary alicyclic amines) is 1. The van der Waals surface area contributed by atoms with Crippen LogP contribution in [-0.2, 0) is 14.6 Å². The predicted molar refractivity (Wildman–Crippen MR) is 68.0 cm³/mol. The monoisotopic (exact) mass is 272 g/mol. The van der Waals surface area contributed by atoms with Crippen LogP contribution in [0.2, 0.25) is 0 Å². The van der Waals surface area contributed by atoms with Crippen LogP contribution in [0.1, 0.15) is 32.1 Å². The van der Waals surface area contributed by atoms with Gasteiger partial charge in [-0.25, -0.2) is 8.42 Å². The highest BCUT2D eigenvalue weighted by Crippen LogP contribution is 2.25. The third-order valence-electron chi connectivity index (χ3n) is 4.20. The lowest BCUT2D eigenvalue weighted by Gasteiger charge is -2.20. The first kappa shape index (κ1) is 12.4. The highest BCUT2D eigenvalue weighted by atomic mass is 32.2. The molecule has 1 amide bonds. The maximum Gasteiger partial charge on any atom is 0.239 e. The van der Waals surface area contributed by atoms with Crippen molar-refractivity contribution in [2.75, 3.05) is 18.8 Å². The molecule has 0 aromatic rings. The minimum atomic E-state index is -2.94. The van der Waals surface area contributed by atoms with Crippen molar-refractivity contribution in [3.05, 3.63) is 0 Å². The van der Waals surface area contributed by atoms with Crippen LogP contribution >= 0.6 is 0 Å². The van der Waals surface area contributed by atoms with Crippen LogP contribution in [0.25, 0.3) is 0 Å². The first-order valence-corrected chi connectivity index (χ1v) is 8.54. The first-order valence-electron chi connectivity index (χ1n) is 6.83. The van der Waals surface area contributed by atoms with E-state index in [-0.39, 0.29) is 17.2 Å². The zero-order valence-electron chi connectivity index (χ0n) is 10.5. The second kappa shape index (κ2) is 4.49. The number of carbonyl (C=O) groups is 1. The van der Waals surface area contributed by atoms with E-state index in [1.165, 1.54) is 12.8 Å². The zero-order valence-corrected chi connectivity index (χ0v) is 11.3. The minimum Gasteiger partial charge on any atom is -0.340 e. The van der Waals surface area contributed by atoms with Gasteiger partial charge in [0, 0.05) is 19.1 Å². The fourth-order valence-electron chi connectivity index (χ4n) is 2.92. The average molecular weight is 272 g/mol. The number of amides is 1. The summed E-state index contributed by atoms with van der Waals surface area (Å²) in [6.07, 6.45) is 4.62. The maximum atomic E-state index is 12.1. The van der Waals surface area contributed by atoms with Gasteiger partial charge in [-0.2, -0.15) is 0 Å². The third-order valence-corrected chi connectivity index (χ3v) is 6.46. The summed E-state index contributed by atoms with van der Waals surface area (Å²) in [7, 11) is -2.94. The SMILES string of the molecule is O=C1C(NC2CC2)CCN1CC1CCCS1(=O)=O. The van der Waals surface area contributed by atoms with Crippen molar-refractivity contribution in [2.45, 2.75) is 49.4 Å². The molecule has 102 valence electrons. The molecule has 3 aliphatic rings. The van der Waals surface area contributed by atoms with Crippen molar-refractivity contribution < 1.29 is 13.2 Å². The van der Waals surface area contributed by atoms with Gasteiger partial charge in [-0.1, -0.05) is 0 Å². The van der Waals surface area contributed by atoms with Crippen LogP contribution in [0.5, 0.6) is 0 Å². The Morgan fingerprint density at radius 1 is 1.22 bits per heavy atom. The Labute approximate surface area is 108 Å². The number of nitrogens with one attached hydrogen (secondary N) is 1. The maximum absolute atomic E-state index is 12.1. The smallest absolute Gasteiger partial charge is 0.239 e. The minimum absolute atomic E-state index is 0.0680. The van der Waals surface area contributed by atoms with Crippen LogP contribution in [-0.4, -0.2) is 55.4 Å². The average Bonchev–Trinajstić information content (AvgIpc) is 2.98. The van der Waals surface area contributed by atoms with Gasteiger partial charge in [-0.05, 0) is 32.1 Å². The third kappa shape index (κ3) is 2.40. The van der Waals surface area contributed by atoms with Gasteiger partial charge in [-0.3, -0.25) is 4.79 Å². The Morgan fingerprint density at radius 3 is 2.61 bits per heavy atom. The Hall–Kier alpha value is -0.620. The number of hydrogen-bond donors (Lipinski definition) is 1. The molecule has 2 atom stereocenters. The zero-order chi connectivity index (χ0) is 12.8. The molecule has 2 unspecified atom stereocenters. The van der Waals surface area contributed by atoms with E-state index in [9.17, 15) is 13.2 Å². The van der Waals surface area contributed by atoms with Crippen LogP contribution in [0.3, 0.4) is 0 Å². The number of rotatable bonds is 4. The van der Waals surface area contributed by atoms with Gasteiger partial charge < -0.3 is 10.2 Å². The Balaban J connectivity index is 1.58. The lowest BCUT2D eigenvalue weighted by molar-refractivity contribution is -0.129. The standard InChI is InChI=1S/C12H20N2O3S/c15-12-11(13-9-3-4-9)5-6-14(12)8-10-2-1-7-18(10,16)17/h9-11,13H,1-8H2. The van der Waals surface area contributed by atoms with E-state index < -0.39 is 9.84 Å². The fraction of sp³-hybridized carbons (Fsp3) is 0.917. The van der Waals surface area contributed by atoms with Crippen molar-refractivity contribution in [2.24, 2.45) is 0 Å². The summed E-state index contributed by atoms with van der Waals surface area (Å²) in [6, 6.07) is 0.454. The quantitative estimate of drug-likeness (QED) is 0.777. The highest BCUT2D eigenvalue weighted by molar-refractivity contribution is 7.92. The van der Waals surface area contributed by atoms with E-state index in [0.717, 1.165) is 12.8 Å². The molecule has 18 heavy (non-hydrogen) atoms. The molecule has 1 aliphatic carbocycles. The molecule has 1 N–H and O–H groups in total. The molecule has 3 rings (SSSR count). The van der Waals surface area contributed by atoms with Gasteiger partial charge in [0.15, 0.2) is 9.84 Å². The van der Waals surface area contributed by atoms with Crippen LogP contribution in [0, 0.1) is 0 Å². The molecule has 5 nitrogen and oxygen atoms in total. The van der Waals surface area contributed by atoms with Crippen molar-refractivity contribution in [1.82, 2.24) is 10.2 Å². The molecule has 0 aromatic heterocycles. The highest BCUT2D eigenvalue weighted by Gasteiger charge is 2.39. The molecule has 1 saturated carbocycles. The molecule has 0 radical (unpaired) electrons. The summed E-state index contributed by atoms with van der Waals surface area (Å²) in [5, 5.41) is 3.02. The van der Waals surface area contributed by atoms with E-state index in [0.29, 0.717) is 31.3 Å². The summed E-state index contributed by atoms with van der Waals surface area (Å²) in [5.41, 5.74) is 0. The molecule has 6 heteroatoms. The molecule has 0 spiro atoms. The number of sulfone groups is 1. The summed E-state index contributed by atoms with van der Waals surface area (Å²) < 4.78 is 23.5. The normalized spacial score (nSPS) is 35.3. The van der Waals surface area contributed by atoms with Gasteiger partial charge in [0.1, 0.15) is 0 Å². The summed E-state index contributed by atoms with van der Waals surface area (Å²) in [6.45, 7) is 1.11. The number of nitrogens with zero attached hydrogens (tertiary/aromatic N) is 1. The van der Waals surface area contributed by atoms with Crippen LogP contribution < -0.4 is 5.32 Å². The molecule has 2 heterocycles. The van der Waals surface area contributed by atoms with Crippen LogP contribution in [0.4, 0.5) is 0 Å². The van der Waals surface area contributed by atoms with Crippen molar-refractivity contribution in [3.8, 4) is 0 Å². The van der Waals surface area contributed by atoms with E-state index in [1.807, 2.05) is 0 Å². The second-order valence-electron chi connectivity index (χ2n) is 5.70. The van der Waals surface area contributed by atoms with Gasteiger partial charge in [0.05, 0.1) is 17.0 Å². The van der Waals surface area contributed by atoms with Crippen LogP contribution in [0.15, 0.2) is 0 Å². The molecule has 2 saturated heterocycles. The van der Waals surface area contributed by atoms with Crippen molar-refractivity contribution in [1.29, 1.82) is 0 Å². The van der Waals surface area contributed by atoms with Gasteiger partial charge in [-0.15, -0.1) is 0 Å². The van der Waals surface area contributed by atoms with E-state index in [2.05, 4.69) is 5.32 Å². The first-order chi connectivity index (χ1) is 8.56. The summed E-state index contributed by atoms with van der Waals surface area (Å²) in [5.74, 6) is 0.396. The van der Waals surface area contributed by atoms with Gasteiger partial charge >= 0.3 is 0 Å². The van der Waals surface area contributed by atoms with Gasteiger partial charge in [0.2, 0.25) is 5.91 Å². The molecule has 2 aliphatic heterocycles. The molecular weight excluding hydrogens is 252 g/mol. The largest absolute Gasteiger partial charge is 0.340 e. The second-order valence-corrected chi connectivity index (χ2v) is 8.10. The molecule has 0 bridgehead atoms. The molecule has 3 fully saturated rings. The van der Waals surface area contributed by atoms with E-state index in [4.69, 9.17) is 0 Å². The lowest BCUT2D eigenvalue weighted by atomic mass is 10.2. The summed E-state index contributed by atoms with van der Waals surface area (Å²) >= 11 is 0. The van der Waals surface area contributed by atoms with E-state index in [1.54, 1.807) is 4.90 Å². The predicted octanol–water partition coefficient (Wildman–Crippen LogP) is -0.0835. The molecule has 0 aromatic carbocycles. The Bertz CT molecular complexity index is 444. The number of hydrogen-bond acceptors (Lipinski definition) is 4.